The number of ether oxygens (including phenoxy) is 1. The molecule has 3 rings (SSSR count). The number of benzene rings is 1. The summed E-state index contributed by atoms with van der Waals surface area (Å²) >= 11 is 0. The van der Waals surface area contributed by atoms with Crippen molar-refractivity contribution in [3.63, 3.8) is 0 Å². The Morgan fingerprint density at radius 3 is 3.00 bits per heavy atom. The lowest BCUT2D eigenvalue weighted by Crippen LogP contribution is -2.29. The molecule has 1 aromatic carbocycles. The van der Waals surface area contributed by atoms with E-state index < -0.39 is 12.0 Å². The van der Waals surface area contributed by atoms with Crippen molar-refractivity contribution in [3.05, 3.63) is 41.1 Å². The van der Waals surface area contributed by atoms with Gasteiger partial charge in [0.15, 0.2) is 6.61 Å². The van der Waals surface area contributed by atoms with E-state index in [1.54, 1.807) is 6.07 Å². The van der Waals surface area contributed by atoms with Gasteiger partial charge in [0.1, 0.15) is 12.2 Å². The Balaban J connectivity index is 1.45. The van der Waals surface area contributed by atoms with Gasteiger partial charge in [0.2, 0.25) is 11.8 Å². The van der Waals surface area contributed by atoms with Gasteiger partial charge < -0.3 is 14.8 Å². The number of carbonyl (C=O) groups is 1. The molecule has 0 amide bonds. The minimum atomic E-state index is -1.03. The van der Waals surface area contributed by atoms with Gasteiger partial charge in [-0.05, 0) is 10.6 Å². The number of nitriles is 1. The molecule has 122 valence electrons. The highest BCUT2D eigenvalue weighted by molar-refractivity contribution is 6.01. The number of hydrogen-bond acceptors (Lipinski definition) is 7. The predicted molar refractivity (Wildman–Crippen MR) is 84.6 cm³/mol. The van der Waals surface area contributed by atoms with E-state index in [0.717, 1.165) is 17.6 Å². The summed E-state index contributed by atoms with van der Waals surface area (Å²) in [7, 11) is 0. The van der Waals surface area contributed by atoms with Gasteiger partial charge >= 0.3 is 5.97 Å². The highest BCUT2D eigenvalue weighted by Gasteiger charge is 2.30. The van der Waals surface area contributed by atoms with Crippen molar-refractivity contribution in [3.8, 4) is 6.07 Å². The van der Waals surface area contributed by atoms with Crippen LogP contribution < -0.4 is 0 Å². The fourth-order valence-corrected chi connectivity index (χ4v) is 2.40. The van der Waals surface area contributed by atoms with Crippen LogP contribution in [0.4, 0.5) is 0 Å². The molecular formula is C16H14N4O4. The van der Waals surface area contributed by atoms with Crippen LogP contribution in [0, 0.1) is 16.5 Å². The molecule has 2 atom stereocenters. The molecule has 2 aliphatic heterocycles. The SMILES string of the molecule is N#CC1C(COC(=O)CC2CC(c3ccccc3)=NO2)=NC=[N+]1[O-]. The molecule has 0 spiro atoms. The van der Waals surface area contributed by atoms with Crippen LogP contribution in [0.15, 0.2) is 40.5 Å². The first-order valence-electron chi connectivity index (χ1n) is 7.36. The molecule has 0 aliphatic carbocycles. The fourth-order valence-electron chi connectivity index (χ4n) is 2.40. The first-order chi connectivity index (χ1) is 11.7. The van der Waals surface area contributed by atoms with Crippen LogP contribution in [0.5, 0.6) is 0 Å². The molecule has 8 nitrogen and oxygen atoms in total. The smallest absolute Gasteiger partial charge is 0.310 e. The molecule has 0 saturated carbocycles. The Morgan fingerprint density at radius 1 is 1.46 bits per heavy atom. The quantitative estimate of drug-likeness (QED) is 0.455. The molecule has 1 aromatic rings. The molecule has 0 N–H and O–H groups in total. The number of hydrogen-bond donors (Lipinski definition) is 0. The number of hydroxylamine groups is 1. The molecule has 0 fully saturated rings. The Kier molecular flexibility index (Phi) is 4.52. The van der Waals surface area contributed by atoms with Gasteiger partial charge in [0.25, 0.3) is 6.34 Å². The number of oxime groups is 1. The molecule has 2 heterocycles. The lowest BCUT2D eigenvalue weighted by Gasteiger charge is -2.10. The van der Waals surface area contributed by atoms with E-state index >= 15 is 0 Å². The number of nitrogens with zero attached hydrogens (tertiary/aromatic N) is 4. The van der Waals surface area contributed by atoms with Crippen molar-refractivity contribution in [1.29, 1.82) is 5.26 Å². The zero-order valence-corrected chi connectivity index (χ0v) is 12.7. The standard InChI is InChI=1S/C16H14N4O4/c17-8-15-14(18-10-20(15)22)9-23-16(21)7-12-6-13(19-24-12)11-4-2-1-3-5-11/h1-5,10,12,15H,6-7,9H2. The second kappa shape index (κ2) is 6.91. The first kappa shape index (κ1) is 15.7. The van der Waals surface area contributed by atoms with Crippen LogP contribution in [-0.2, 0) is 14.4 Å². The van der Waals surface area contributed by atoms with Gasteiger partial charge in [0.05, 0.1) is 12.1 Å². The van der Waals surface area contributed by atoms with Crippen LogP contribution >= 0.6 is 0 Å². The van der Waals surface area contributed by atoms with E-state index in [9.17, 15) is 10.0 Å². The van der Waals surface area contributed by atoms with Crippen LogP contribution in [0.2, 0.25) is 0 Å². The highest BCUT2D eigenvalue weighted by Crippen LogP contribution is 2.19. The van der Waals surface area contributed by atoms with Crippen LogP contribution in [-0.4, -0.2) is 47.2 Å². The average molecular weight is 326 g/mol. The summed E-state index contributed by atoms with van der Waals surface area (Å²) in [5, 5.41) is 24.1. The van der Waals surface area contributed by atoms with Crippen molar-refractivity contribution in [2.24, 2.45) is 10.1 Å². The van der Waals surface area contributed by atoms with Gasteiger partial charge in [-0.2, -0.15) is 5.26 Å². The van der Waals surface area contributed by atoms with Gasteiger partial charge in [-0.1, -0.05) is 35.5 Å². The minimum Gasteiger partial charge on any atom is -0.714 e. The Labute approximate surface area is 137 Å². The topological polar surface area (TPSA) is 110 Å². The van der Waals surface area contributed by atoms with Crippen molar-refractivity contribution in [2.45, 2.75) is 25.0 Å². The highest BCUT2D eigenvalue weighted by atomic mass is 16.6. The molecule has 0 aromatic heterocycles. The maximum absolute atomic E-state index is 11.9. The lowest BCUT2D eigenvalue weighted by molar-refractivity contribution is -0.458. The lowest BCUT2D eigenvalue weighted by atomic mass is 10.0. The van der Waals surface area contributed by atoms with Crippen LogP contribution in [0.3, 0.4) is 0 Å². The fraction of sp³-hybridized carbons (Fsp3) is 0.312. The van der Waals surface area contributed by atoms with Crippen molar-refractivity contribution in [1.82, 2.24) is 0 Å². The summed E-state index contributed by atoms with van der Waals surface area (Å²) in [5.41, 5.74) is 1.96. The molecule has 8 heteroatoms. The summed E-state index contributed by atoms with van der Waals surface area (Å²) in [6, 6.07) is 10.3. The molecule has 0 saturated heterocycles. The summed E-state index contributed by atoms with van der Waals surface area (Å²) < 4.78 is 5.49. The Morgan fingerprint density at radius 2 is 2.25 bits per heavy atom. The first-order valence-corrected chi connectivity index (χ1v) is 7.36. The van der Waals surface area contributed by atoms with Gasteiger partial charge in [-0.3, -0.25) is 4.79 Å². The van der Waals surface area contributed by atoms with Crippen molar-refractivity contribution < 1.29 is 19.1 Å². The maximum Gasteiger partial charge on any atom is 0.310 e. The van der Waals surface area contributed by atoms with E-state index in [4.69, 9.17) is 14.8 Å². The number of aliphatic imine (C=N–C) groups is 1. The third-order valence-electron chi connectivity index (χ3n) is 3.65. The minimum absolute atomic E-state index is 0.0368. The maximum atomic E-state index is 11.9. The predicted octanol–water partition coefficient (Wildman–Crippen LogP) is 0.998. The molecule has 2 unspecified atom stereocenters. The Bertz CT molecular complexity index is 764. The van der Waals surface area contributed by atoms with E-state index in [1.165, 1.54) is 0 Å². The molecule has 2 aliphatic rings. The van der Waals surface area contributed by atoms with Crippen LogP contribution in [0.1, 0.15) is 18.4 Å². The van der Waals surface area contributed by atoms with E-state index in [1.807, 2.05) is 30.3 Å². The average Bonchev–Trinajstić information content (AvgIpc) is 3.20. The molecule has 24 heavy (non-hydrogen) atoms. The summed E-state index contributed by atoms with van der Waals surface area (Å²) in [6.07, 6.45) is 1.17. The molecule has 0 radical (unpaired) electrons. The second-order valence-corrected chi connectivity index (χ2v) is 5.33. The summed E-state index contributed by atoms with van der Waals surface area (Å²) in [5.74, 6) is -0.492. The van der Waals surface area contributed by atoms with E-state index in [-0.39, 0.29) is 24.8 Å². The van der Waals surface area contributed by atoms with E-state index in [0.29, 0.717) is 11.2 Å². The largest absolute Gasteiger partial charge is 0.714 e. The van der Waals surface area contributed by atoms with E-state index in [2.05, 4.69) is 10.1 Å². The summed E-state index contributed by atoms with van der Waals surface area (Å²) in [6.45, 7) is -0.189. The normalized spacial score (nSPS) is 22.0. The summed E-state index contributed by atoms with van der Waals surface area (Å²) in [4.78, 5) is 20.9. The number of rotatable bonds is 5. The monoisotopic (exact) mass is 326 g/mol. The zero-order chi connectivity index (χ0) is 16.9. The molecule has 0 bridgehead atoms. The van der Waals surface area contributed by atoms with Crippen molar-refractivity contribution in [2.75, 3.05) is 6.61 Å². The number of esters is 1. The zero-order valence-electron chi connectivity index (χ0n) is 12.7. The van der Waals surface area contributed by atoms with Crippen LogP contribution in [0.25, 0.3) is 0 Å². The van der Waals surface area contributed by atoms with Gasteiger partial charge in [-0.25, -0.2) is 4.74 Å². The number of carbonyl (C=O) groups excluding carboxylic acids is 1. The van der Waals surface area contributed by atoms with Gasteiger partial charge in [0, 0.05) is 6.42 Å². The second-order valence-electron chi connectivity index (χ2n) is 5.33. The Hall–Kier alpha value is -3.21. The molecular weight excluding hydrogens is 312 g/mol. The van der Waals surface area contributed by atoms with Crippen molar-refractivity contribution >= 4 is 23.7 Å². The third-order valence-corrected chi connectivity index (χ3v) is 3.65. The third kappa shape index (κ3) is 3.41. The van der Waals surface area contributed by atoms with Gasteiger partial charge in [-0.15, -0.1) is 0 Å².